The number of rotatable bonds is 4. The maximum Gasteiger partial charge on any atom is 0.196 e. The molecule has 55 heavy (non-hydrogen) atoms. The van der Waals surface area contributed by atoms with E-state index in [1.54, 1.807) is 0 Å². The fourth-order valence-corrected chi connectivity index (χ4v) is 8.75. The van der Waals surface area contributed by atoms with Gasteiger partial charge >= 0.3 is 0 Å². The lowest BCUT2D eigenvalue weighted by molar-refractivity contribution is 1.13. The van der Waals surface area contributed by atoms with Crippen LogP contribution in [0.25, 0.3) is 103 Å². The van der Waals surface area contributed by atoms with Crippen LogP contribution in [0.15, 0.2) is 176 Å². The van der Waals surface area contributed by atoms with Gasteiger partial charge in [-0.1, -0.05) is 115 Å². The van der Waals surface area contributed by atoms with Gasteiger partial charge in [0.1, 0.15) is 0 Å². The molecule has 0 amide bonds. The molecule has 0 bridgehead atoms. The van der Waals surface area contributed by atoms with Crippen molar-refractivity contribution in [1.82, 2.24) is 13.7 Å². The van der Waals surface area contributed by atoms with Crippen molar-refractivity contribution in [1.29, 1.82) is 0 Å². The molecule has 0 spiro atoms. The molecule has 5 nitrogen and oxygen atoms in total. The van der Waals surface area contributed by atoms with E-state index in [1.165, 1.54) is 10.8 Å². The lowest BCUT2D eigenvalue weighted by Crippen LogP contribution is -2.00. The molecule has 0 aliphatic heterocycles. The van der Waals surface area contributed by atoms with Crippen molar-refractivity contribution in [3.05, 3.63) is 199 Å². The van der Waals surface area contributed by atoms with Gasteiger partial charge in [-0.2, -0.15) is 0 Å². The molecule has 0 N–H and O–H groups in total. The largest absolute Gasteiger partial charge is 0.310 e. The zero-order valence-electron chi connectivity index (χ0n) is 29.5. The molecule has 0 aliphatic carbocycles. The Morgan fingerprint density at radius 3 is 1.56 bits per heavy atom. The van der Waals surface area contributed by atoms with Gasteiger partial charge < -0.3 is 13.7 Å². The van der Waals surface area contributed by atoms with E-state index in [0.717, 1.165) is 82.8 Å². The fraction of sp³-hybridized carbons (Fsp3) is 0. The molecule has 8 aromatic carbocycles. The normalized spacial score (nSPS) is 11.6. The molecule has 11 rings (SSSR count). The van der Waals surface area contributed by atoms with E-state index in [-0.39, 0.29) is 0 Å². The summed E-state index contributed by atoms with van der Waals surface area (Å²) in [7, 11) is 0. The first-order valence-corrected chi connectivity index (χ1v) is 18.3. The molecular formula is C50H29N5. The zero-order chi connectivity index (χ0) is 36.6. The Kier molecular flexibility index (Phi) is 6.61. The highest BCUT2D eigenvalue weighted by molar-refractivity contribution is 6.15. The smallest absolute Gasteiger partial charge is 0.196 e. The summed E-state index contributed by atoms with van der Waals surface area (Å²) in [4.78, 5) is 7.87. The van der Waals surface area contributed by atoms with Crippen LogP contribution in [-0.4, -0.2) is 13.7 Å². The minimum Gasteiger partial charge on any atom is -0.310 e. The molecule has 0 radical (unpaired) electrons. The van der Waals surface area contributed by atoms with Crippen LogP contribution in [0, 0.1) is 13.1 Å². The number of nitrogens with zero attached hydrogens (tertiary/aromatic N) is 5. The van der Waals surface area contributed by atoms with Crippen LogP contribution in [0.2, 0.25) is 0 Å². The summed E-state index contributed by atoms with van der Waals surface area (Å²) in [5, 5.41) is 6.99. The molecule has 5 heteroatoms. The Labute approximate surface area is 316 Å². The first-order valence-electron chi connectivity index (χ1n) is 18.3. The van der Waals surface area contributed by atoms with Crippen LogP contribution in [0.1, 0.15) is 0 Å². The van der Waals surface area contributed by atoms with Crippen LogP contribution in [0.3, 0.4) is 0 Å². The van der Waals surface area contributed by atoms with Crippen molar-refractivity contribution in [2.45, 2.75) is 0 Å². The lowest BCUT2D eigenvalue weighted by Gasteiger charge is -2.16. The highest BCUT2D eigenvalue weighted by Gasteiger charge is 2.21. The van der Waals surface area contributed by atoms with E-state index in [1.807, 2.05) is 24.3 Å². The summed E-state index contributed by atoms with van der Waals surface area (Å²) < 4.78 is 6.93. The van der Waals surface area contributed by atoms with Crippen molar-refractivity contribution in [3.8, 4) is 28.2 Å². The molecule has 0 fully saturated rings. The van der Waals surface area contributed by atoms with Gasteiger partial charge in [0.05, 0.1) is 46.4 Å². The number of para-hydroxylation sites is 5. The molecular weight excluding hydrogens is 671 g/mol. The standard InChI is InChI=1S/C50H29N5/c1-51-33-25-27-41-39-17-3-7-20-44(39)53(49(41)30-33)34-14-11-13-32(29-34)36-28-26-35(31-43(36)52-2)54-45-21-8-6-18-40(45)42-19-12-24-48(50(42)54)55-46-22-9-4-15-37(46)38-16-5-10-23-47(38)55/h3-31H. The van der Waals surface area contributed by atoms with Gasteiger partial charge in [0, 0.05) is 49.2 Å². The number of fused-ring (bicyclic) bond motifs is 9. The highest BCUT2D eigenvalue weighted by atomic mass is 15.1. The molecule has 0 unspecified atom stereocenters. The van der Waals surface area contributed by atoms with Gasteiger partial charge in [-0.3, -0.25) is 0 Å². The second kappa shape index (κ2) is 11.8. The molecule has 11 aromatic rings. The quantitative estimate of drug-likeness (QED) is 0.163. The van der Waals surface area contributed by atoms with Gasteiger partial charge in [-0.15, -0.1) is 0 Å². The average molecular weight is 700 g/mol. The third kappa shape index (κ3) is 4.45. The summed E-state index contributed by atoms with van der Waals surface area (Å²) >= 11 is 0. The molecule has 254 valence electrons. The zero-order valence-corrected chi connectivity index (χ0v) is 29.5. The predicted molar refractivity (Wildman–Crippen MR) is 227 cm³/mol. The van der Waals surface area contributed by atoms with Gasteiger partial charge in [-0.05, 0) is 71.8 Å². The minimum absolute atomic E-state index is 0.576. The molecule has 0 saturated heterocycles. The van der Waals surface area contributed by atoms with Crippen LogP contribution < -0.4 is 0 Å². The molecule has 3 heterocycles. The Bertz CT molecular complexity index is 3420. The highest BCUT2D eigenvalue weighted by Crippen LogP contribution is 2.42. The van der Waals surface area contributed by atoms with Crippen LogP contribution in [0.4, 0.5) is 11.4 Å². The Balaban J connectivity index is 1.12. The minimum atomic E-state index is 0.576. The third-order valence-electron chi connectivity index (χ3n) is 11.1. The molecule has 3 aromatic heterocycles. The number of hydrogen-bond donors (Lipinski definition) is 0. The maximum absolute atomic E-state index is 8.45. The Morgan fingerprint density at radius 2 is 0.909 bits per heavy atom. The summed E-state index contributed by atoms with van der Waals surface area (Å²) in [6.45, 7) is 16.1. The van der Waals surface area contributed by atoms with Gasteiger partial charge in [0.25, 0.3) is 0 Å². The van der Waals surface area contributed by atoms with Crippen molar-refractivity contribution < 1.29 is 0 Å². The van der Waals surface area contributed by atoms with Crippen molar-refractivity contribution >= 4 is 76.8 Å². The monoisotopic (exact) mass is 699 g/mol. The van der Waals surface area contributed by atoms with Gasteiger partial charge in [0.2, 0.25) is 0 Å². The van der Waals surface area contributed by atoms with E-state index < -0.39 is 0 Å². The van der Waals surface area contributed by atoms with Crippen molar-refractivity contribution in [3.63, 3.8) is 0 Å². The van der Waals surface area contributed by atoms with E-state index in [2.05, 4.69) is 175 Å². The SMILES string of the molecule is [C-]#[N+]c1ccc2c3ccccc3n(-c3cccc(-c4ccc(-n5c6ccccc6c6cccc(-n7c8ccccc8c8ccccc87)c65)cc4[N+]#[C-])c3)c2c1. The van der Waals surface area contributed by atoms with E-state index >= 15 is 0 Å². The molecule has 0 atom stereocenters. The number of aromatic nitrogens is 3. The summed E-state index contributed by atoms with van der Waals surface area (Å²) in [5.74, 6) is 0. The third-order valence-corrected chi connectivity index (χ3v) is 11.1. The lowest BCUT2D eigenvalue weighted by atomic mass is 10.0. The predicted octanol–water partition coefficient (Wildman–Crippen LogP) is 13.7. The summed E-state index contributed by atoms with van der Waals surface area (Å²) in [6, 6.07) is 61.2. The van der Waals surface area contributed by atoms with Crippen LogP contribution in [-0.2, 0) is 0 Å². The second-order valence-electron chi connectivity index (χ2n) is 13.9. The number of hydrogen-bond acceptors (Lipinski definition) is 0. The fourth-order valence-electron chi connectivity index (χ4n) is 8.75. The van der Waals surface area contributed by atoms with Gasteiger partial charge in [-0.25, -0.2) is 9.69 Å². The molecule has 0 saturated carbocycles. The topological polar surface area (TPSA) is 23.5 Å². The Hall–Kier alpha value is -7.86. The van der Waals surface area contributed by atoms with Crippen LogP contribution >= 0.6 is 0 Å². The second-order valence-corrected chi connectivity index (χ2v) is 13.9. The first kappa shape index (κ1) is 30.7. The van der Waals surface area contributed by atoms with E-state index in [0.29, 0.717) is 11.4 Å². The average Bonchev–Trinajstić information content (AvgIpc) is 3.89. The number of benzene rings is 8. The molecule has 0 aliphatic rings. The van der Waals surface area contributed by atoms with Crippen molar-refractivity contribution in [2.75, 3.05) is 0 Å². The first-order chi connectivity index (χ1) is 27.2. The summed E-state index contributed by atoms with van der Waals surface area (Å²) in [6.07, 6.45) is 0. The van der Waals surface area contributed by atoms with E-state index in [9.17, 15) is 0 Å². The van der Waals surface area contributed by atoms with E-state index in [4.69, 9.17) is 13.1 Å². The van der Waals surface area contributed by atoms with Gasteiger partial charge in [0.15, 0.2) is 11.4 Å². The Morgan fingerprint density at radius 1 is 0.364 bits per heavy atom. The maximum atomic E-state index is 8.45. The van der Waals surface area contributed by atoms with Crippen molar-refractivity contribution in [2.24, 2.45) is 0 Å². The summed E-state index contributed by atoms with van der Waals surface area (Å²) in [5.41, 5.74) is 12.5. The van der Waals surface area contributed by atoms with Crippen LogP contribution in [0.5, 0.6) is 0 Å².